The molecule has 0 bridgehead atoms. The molecule has 0 spiro atoms. The number of rotatable bonds is 2. The Morgan fingerprint density at radius 2 is 2.05 bits per heavy atom. The molecule has 5 nitrogen and oxygen atoms in total. The van der Waals surface area contributed by atoms with Crippen LogP contribution in [0.2, 0.25) is 0 Å². The molecule has 0 saturated carbocycles. The standard InChI is InChI=1S/C15H16N4OS/c1-2-13-12(18-14-15(21-13)17-4-3-16-14)9-11(1)10-19-5-7-20-8-6-19/h1-4,9H,5-8,10H2,(H,16,18). The molecule has 0 atom stereocenters. The second-order valence-electron chi connectivity index (χ2n) is 5.16. The molecule has 2 aliphatic heterocycles. The summed E-state index contributed by atoms with van der Waals surface area (Å²) in [4.78, 5) is 12.3. The smallest absolute Gasteiger partial charge is 0.163 e. The lowest BCUT2D eigenvalue weighted by atomic mass is 10.1. The van der Waals surface area contributed by atoms with E-state index in [0.29, 0.717) is 0 Å². The van der Waals surface area contributed by atoms with Crippen molar-refractivity contribution < 1.29 is 4.74 Å². The van der Waals surface area contributed by atoms with Crippen molar-refractivity contribution in [1.29, 1.82) is 0 Å². The molecule has 0 unspecified atom stereocenters. The number of anilines is 2. The summed E-state index contributed by atoms with van der Waals surface area (Å²) in [5.74, 6) is 0.846. The van der Waals surface area contributed by atoms with Gasteiger partial charge in [0.2, 0.25) is 0 Å². The second-order valence-corrected chi connectivity index (χ2v) is 6.19. The highest BCUT2D eigenvalue weighted by molar-refractivity contribution is 7.99. The van der Waals surface area contributed by atoms with E-state index >= 15 is 0 Å². The lowest BCUT2D eigenvalue weighted by Gasteiger charge is -2.27. The lowest BCUT2D eigenvalue weighted by Crippen LogP contribution is -2.35. The Balaban J connectivity index is 1.55. The summed E-state index contributed by atoms with van der Waals surface area (Å²) in [7, 11) is 0. The van der Waals surface area contributed by atoms with E-state index in [0.717, 1.165) is 49.4 Å². The minimum atomic E-state index is 0.835. The first-order valence-electron chi connectivity index (χ1n) is 7.07. The molecule has 4 rings (SSSR count). The van der Waals surface area contributed by atoms with Crippen molar-refractivity contribution in [3.63, 3.8) is 0 Å². The zero-order chi connectivity index (χ0) is 14.1. The van der Waals surface area contributed by atoms with Gasteiger partial charge in [-0.3, -0.25) is 4.90 Å². The average Bonchev–Trinajstić information content (AvgIpc) is 2.54. The van der Waals surface area contributed by atoms with E-state index in [1.54, 1.807) is 24.2 Å². The number of aromatic nitrogens is 2. The summed E-state index contributed by atoms with van der Waals surface area (Å²) in [6, 6.07) is 6.58. The highest BCUT2D eigenvalue weighted by Gasteiger charge is 2.18. The average molecular weight is 300 g/mol. The molecule has 1 saturated heterocycles. The van der Waals surface area contributed by atoms with Crippen molar-refractivity contribution in [2.45, 2.75) is 16.5 Å². The monoisotopic (exact) mass is 300 g/mol. The van der Waals surface area contributed by atoms with Crippen LogP contribution in [0.5, 0.6) is 0 Å². The molecule has 2 aliphatic rings. The fraction of sp³-hybridized carbons (Fsp3) is 0.333. The minimum Gasteiger partial charge on any atom is -0.379 e. The molecule has 1 fully saturated rings. The summed E-state index contributed by atoms with van der Waals surface area (Å²) in [5.41, 5.74) is 2.44. The van der Waals surface area contributed by atoms with Gasteiger partial charge in [-0.2, -0.15) is 0 Å². The summed E-state index contributed by atoms with van der Waals surface area (Å²) in [6.45, 7) is 4.65. The van der Waals surface area contributed by atoms with E-state index in [-0.39, 0.29) is 0 Å². The van der Waals surface area contributed by atoms with Crippen molar-refractivity contribution in [2.24, 2.45) is 0 Å². The fourth-order valence-electron chi connectivity index (χ4n) is 2.60. The summed E-state index contributed by atoms with van der Waals surface area (Å²) < 4.78 is 5.39. The van der Waals surface area contributed by atoms with E-state index in [4.69, 9.17) is 4.74 Å². The van der Waals surface area contributed by atoms with Gasteiger partial charge in [-0.15, -0.1) is 0 Å². The summed E-state index contributed by atoms with van der Waals surface area (Å²) in [5, 5.41) is 4.32. The van der Waals surface area contributed by atoms with Gasteiger partial charge in [0.05, 0.1) is 18.9 Å². The molecular weight excluding hydrogens is 284 g/mol. The van der Waals surface area contributed by atoms with Crippen LogP contribution in [0, 0.1) is 0 Å². The maximum atomic E-state index is 5.39. The van der Waals surface area contributed by atoms with Gasteiger partial charge in [0, 0.05) is 36.9 Å². The highest BCUT2D eigenvalue weighted by Crippen LogP contribution is 2.42. The van der Waals surface area contributed by atoms with Crippen molar-refractivity contribution in [2.75, 3.05) is 31.6 Å². The molecule has 108 valence electrons. The number of nitrogens with one attached hydrogen (secondary N) is 1. The molecule has 0 aliphatic carbocycles. The lowest BCUT2D eigenvalue weighted by molar-refractivity contribution is 0.0342. The number of hydrogen-bond donors (Lipinski definition) is 1. The van der Waals surface area contributed by atoms with Gasteiger partial charge in [-0.1, -0.05) is 17.8 Å². The Hall–Kier alpha value is -1.63. The Labute approximate surface area is 127 Å². The summed E-state index contributed by atoms with van der Waals surface area (Å²) in [6.07, 6.45) is 3.44. The van der Waals surface area contributed by atoms with E-state index in [1.807, 2.05) is 0 Å². The molecule has 1 aromatic carbocycles. The van der Waals surface area contributed by atoms with Gasteiger partial charge in [-0.05, 0) is 17.7 Å². The zero-order valence-electron chi connectivity index (χ0n) is 11.6. The SMILES string of the molecule is c1cnc2c(n1)Nc1cc(CN3CCOCC3)ccc1S2. The van der Waals surface area contributed by atoms with Crippen LogP contribution >= 0.6 is 11.8 Å². The largest absolute Gasteiger partial charge is 0.379 e. The molecule has 1 aromatic heterocycles. The van der Waals surface area contributed by atoms with Gasteiger partial charge in [0.15, 0.2) is 5.82 Å². The minimum absolute atomic E-state index is 0.835. The quantitative estimate of drug-likeness (QED) is 0.785. The molecule has 0 radical (unpaired) electrons. The molecule has 1 N–H and O–H groups in total. The Kier molecular flexibility index (Phi) is 3.50. The van der Waals surface area contributed by atoms with E-state index in [9.17, 15) is 0 Å². The third kappa shape index (κ3) is 2.74. The molecule has 6 heteroatoms. The van der Waals surface area contributed by atoms with E-state index in [1.165, 1.54) is 10.5 Å². The summed E-state index contributed by atoms with van der Waals surface area (Å²) >= 11 is 1.67. The van der Waals surface area contributed by atoms with E-state index in [2.05, 4.69) is 38.4 Å². The first-order chi connectivity index (χ1) is 10.4. The number of nitrogens with zero attached hydrogens (tertiary/aromatic N) is 3. The maximum absolute atomic E-state index is 5.39. The predicted octanol–water partition coefficient (Wildman–Crippen LogP) is 2.52. The Morgan fingerprint density at radius 1 is 1.19 bits per heavy atom. The number of hydrogen-bond acceptors (Lipinski definition) is 6. The molecule has 0 amide bonds. The molecule has 2 aromatic rings. The van der Waals surface area contributed by atoms with Crippen LogP contribution in [0.4, 0.5) is 11.5 Å². The topological polar surface area (TPSA) is 50.3 Å². The Bertz CT molecular complexity index is 658. The predicted molar refractivity (Wildman–Crippen MR) is 82.0 cm³/mol. The van der Waals surface area contributed by atoms with Crippen LogP contribution in [0.15, 0.2) is 40.5 Å². The van der Waals surface area contributed by atoms with Crippen LogP contribution in [0.1, 0.15) is 5.56 Å². The number of benzene rings is 1. The number of ether oxygens (including phenoxy) is 1. The van der Waals surface area contributed by atoms with Crippen molar-refractivity contribution in [3.05, 3.63) is 36.2 Å². The van der Waals surface area contributed by atoms with Crippen LogP contribution in [-0.4, -0.2) is 41.2 Å². The van der Waals surface area contributed by atoms with Gasteiger partial charge in [0.1, 0.15) is 5.03 Å². The fourth-order valence-corrected chi connectivity index (χ4v) is 3.48. The van der Waals surface area contributed by atoms with Crippen molar-refractivity contribution >= 4 is 23.3 Å². The van der Waals surface area contributed by atoms with Gasteiger partial charge in [-0.25, -0.2) is 9.97 Å². The van der Waals surface area contributed by atoms with Crippen molar-refractivity contribution in [1.82, 2.24) is 14.9 Å². The first kappa shape index (κ1) is 13.1. The molecule has 3 heterocycles. The van der Waals surface area contributed by atoms with Gasteiger partial charge >= 0.3 is 0 Å². The van der Waals surface area contributed by atoms with Crippen LogP contribution < -0.4 is 5.32 Å². The number of morpholine rings is 1. The first-order valence-corrected chi connectivity index (χ1v) is 7.89. The second kappa shape index (κ2) is 5.63. The molecular formula is C15H16N4OS. The van der Waals surface area contributed by atoms with Crippen molar-refractivity contribution in [3.8, 4) is 0 Å². The third-order valence-corrected chi connectivity index (χ3v) is 4.75. The van der Waals surface area contributed by atoms with E-state index < -0.39 is 0 Å². The number of fused-ring (bicyclic) bond motifs is 2. The van der Waals surface area contributed by atoms with Gasteiger partial charge in [0.25, 0.3) is 0 Å². The van der Waals surface area contributed by atoms with Crippen LogP contribution in [-0.2, 0) is 11.3 Å². The van der Waals surface area contributed by atoms with Crippen LogP contribution in [0.3, 0.4) is 0 Å². The highest BCUT2D eigenvalue weighted by atomic mass is 32.2. The Morgan fingerprint density at radius 3 is 2.95 bits per heavy atom. The maximum Gasteiger partial charge on any atom is 0.163 e. The van der Waals surface area contributed by atoms with Gasteiger partial charge < -0.3 is 10.1 Å². The molecule has 21 heavy (non-hydrogen) atoms. The normalized spacial score (nSPS) is 17.7. The zero-order valence-corrected chi connectivity index (χ0v) is 12.4. The van der Waals surface area contributed by atoms with Crippen LogP contribution in [0.25, 0.3) is 0 Å². The third-order valence-electron chi connectivity index (χ3n) is 3.68.